The van der Waals surface area contributed by atoms with Crippen LogP contribution in [0.15, 0.2) is 11.2 Å². The summed E-state index contributed by atoms with van der Waals surface area (Å²) in [6.07, 6.45) is 1.62. The van der Waals surface area contributed by atoms with Crippen LogP contribution in [0.3, 0.4) is 0 Å². The number of hydrogen-bond acceptors (Lipinski definition) is 4. The Morgan fingerprint density at radius 1 is 1.77 bits per heavy atom. The van der Waals surface area contributed by atoms with Crippen LogP contribution in [0.2, 0.25) is 0 Å². The molecule has 1 saturated heterocycles. The molecule has 0 atom stereocenters. The zero-order valence-electron chi connectivity index (χ0n) is 6.80. The molecule has 2 N–H and O–H groups in total. The fraction of sp³-hybridized carbons (Fsp3) is 0.500. The Labute approximate surface area is 78.9 Å². The maximum Gasteiger partial charge on any atom is 0.319 e. The van der Waals surface area contributed by atoms with Gasteiger partial charge in [0.15, 0.2) is 5.03 Å². The lowest BCUT2D eigenvalue weighted by molar-refractivity contribution is -0.403. The smallest absolute Gasteiger partial charge is 0.319 e. The number of thioether (sulfide) groups is 1. The highest BCUT2D eigenvalue weighted by molar-refractivity contribution is 8.03. The summed E-state index contributed by atoms with van der Waals surface area (Å²) in [5.41, 5.74) is 5.04. The van der Waals surface area contributed by atoms with Crippen molar-refractivity contribution >= 4 is 17.8 Å². The molecule has 1 aliphatic heterocycles. The molecule has 0 radical (unpaired) electrons. The average Bonchev–Trinajstić information content (AvgIpc) is 2.03. The minimum atomic E-state index is -0.639. The van der Waals surface area contributed by atoms with E-state index >= 15 is 0 Å². The van der Waals surface area contributed by atoms with E-state index in [1.54, 1.807) is 0 Å². The molecule has 0 aromatic carbocycles. The van der Waals surface area contributed by atoms with E-state index in [4.69, 9.17) is 5.73 Å². The second kappa shape index (κ2) is 4.13. The first kappa shape index (κ1) is 9.85. The Hall–Kier alpha value is -1.24. The normalized spacial score (nSPS) is 20.3. The van der Waals surface area contributed by atoms with Gasteiger partial charge in [-0.2, -0.15) is 0 Å². The molecule has 1 rings (SSSR count). The highest BCUT2D eigenvalue weighted by atomic mass is 32.2. The number of nitro groups is 1. The van der Waals surface area contributed by atoms with Crippen molar-refractivity contribution in [3.05, 3.63) is 21.3 Å². The van der Waals surface area contributed by atoms with Gasteiger partial charge in [0, 0.05) is 12.3 Å². The first-order valence-electron chi connectivity index (χ1n) is 3.66. The van der Waals surface area contributed by atoms with E-state index in [-0.39, 0.29) is 0 Å². The molecule has 0 aromatic rings. The highest BCUT2D eigenvalue weighted by Crippen LogP contribution is 2.26. The number of hydrogen-bond donors (Lipinski definition) is 1. The molecule has 0 aliphatic carbocycles. The number of carbonyl (C=O) groups excluding carboxylic acids is 1. The number of amides is 2. The van der Waals surface area contributed by atoms with Crippen LogP contribution in [0.4, 0.5) is 4.79 Å². The number of carbonyl (C=O) groups is 1. The van der Waals surface area contributed by atoms with Crippen LogP contribution in [0.5, 0.6) is 0 Å². The zero-order chi connectivity index (χ0) is 9.84. The van der Waals surface area contributed by atoms with Gasteiger partial charge >= 0.3 is 6.03 Å². The third kappa shape index (κ3) is 2.62. The highest BCUT2D eigenvalue weighted by Gasteiger charge is 2.22. The molecule has 0 spiro atoms. The zero-order valence-corrected chi connectivity index (χ0v) is 7.62. The van der Waals surface area contributed by atoms with Gasteiger partial charge in [-0.3, -0.25) is 15.0 Å². The molecule has 6 nitrogen and oxygen atoms in total. The molecule has 1 aliphatic rings. The van der Waals surface area contributed by atoms with Crippen LogP contribution in [0, 0.1) is 10.1 Å². The maximum atomic E-state index is 10.8. The van der Waals surface area contributed by atoms with Crippen molar-refractivity contribution in [2.45, 2.75) is 6.42 Å². The maximum absolute atomic E-state index is 10.8. The molecular formula is C6H9N3O3S. The molecule has 2 amide bonds. The van der Waals surface area contributed by atoms with Crippen molar-refractivity contribution in [3.8, 4) is 0 Å². The van der Waals surface area contributed by atoms with Crippen LogP contribution in [-0.4, -0.2) is 28.2 Å². The number of urea groups is 1. The average molecular weight is 203 g/mol. The van der Waals surface area contributed by atoms with Gasteiger partial charge in [0.05, 0.1) is 4.92 Å². The van der Waals surface area contributed by atoms with Gasteiger partial charge in [-0.15, -0.1) is 11.8 Å². The van der Waals surface area contributed by atoms with Gasteiger partial charge in [0.2, 0.25) is 0 Å². The summed E-state index contributed by atoms with van der Waals surface area (Å²) in [5, 5.41) is 10.5. The topological polar surface area (TPSA) is 89.5 Å². The third-order valence-corrected chi connectivity index (χ3v) is 2.64. The first-order valence-corrected chi connectivity index (χ1v) is 4.65. The SMILES string of the molecule is NC(=O)N1CCCSC1=C[N+](=O)[O-]. The van der Waals surface area contributed by atoms with E-state index in [1.165, 1.54) is 16.7 Å². The molecule has 0 unspecified atom stereocenters. The molecule has 13 heavy (non-hydrogen) atoms. The molecule has 0 aromatic heterocycles. The Bertz CT molecular complexity index is 266. The van der Waals surface area contributed by atoms with Crippen molar-refractivity contribution in [1.82, 2.24) is 4.90 Å². The van der Waals surface area contributed by atoms with Crippen molar-refractivity contribution in [3.63, 3.8) is 0 Å². The van der Waals surface area contributed by atoms with Gasteiger partial charge in [0.25, 0.3) is 6.20 Å². The van der Waals surface area contributed by atoms with Crippen molar-refractivity contribution < 1.29 is 9.72 Å². The monoisotopic (exact) mass is 203 g/mol. The lowest BCUT2D eigenvalue weighted by Crippen LogP contribution is -2.37. The van der Waals surface area contributed by atoms with Crippen molar-refractivity contribution in [1.29, 1.82) is 0 Å². The summed E-state index contributed by atoms with van der Waals surface area (Å²) in [4.78, 5) is 21.6. The van der Waals surface area contributed by atoms with Crippen LogP contribution < -0.4 is 5.73 Å². The van der Waals surface area contributed by atoms with Crippen molar-refractivity contribution in [2.24, 2.45) is 5.73 Å². The van der Waals surface area contributed by atoms with E-state index < -0.39 is 11.0 Å². The summed E-state index contributed by atoms with van der Waals surface area (Å²) in [6.45, 7) is 0.460. The number of primary amides is 1. The Balaban J connectivity index is 2.78. The molecular weight excluding hydrogens is 194 g/mol. The fourth-order valence-corrected chi connectivity index (χ4v) is 1.98. The van der Waals surface area contributed by atoms with E-state index in [0.717, 1.165) is 18.4 Å². The summed E-state index contributed by atoms with van der Waals surface area (Å²) < 4.78 is 0. The molecule has 0 bridgehead atoms. The lowest BCUT2D eigenvalue weighted by Gasteiger charge is -2.25. The predicted octanol–water partition coefficient (Wildman–Crippen LogP) is 0.580. The van der Waals surface area contributed by atoms with Crippen molar-refractivity contribution in [2.75, 3.05) is 12.3 Å². The third-order valence-electron chi connectivity index (χ3n) is 1.52. The van der Waals surface area contributed by atoms with Gasteiger partial charge in [-0.05, 0) is 6.42 Å². The summed E-state index contributed by atoms with van der Waals surface area (Å²) in [5.74, 6) is 0.781. The minimum absolute atomic E-state index is 0.323. The van der Waals surface area contributed by atoms with Gasteiger partial charge < -0.3 is 5.73 Å². The Morgan fingerprint density at radius 2 is 2.46 bits per heavy atom. The second-order valence-electron chi connectivity index (χ2n) is 2.44. The number of nitrogens with zero attached hydrogens (tertiary/aromatic N) is 2. The molecule has 1 heterocycles. The quantitative estimate of drug-likeness (QED) is 0.498. The second-order valence-corrected chi connectivity index (χ2v) is 3.56. The van der Waals surface area contributed by atoms with E-state index in [2.05, 4.69) is 0 Å². The summed E-state index contributed by atoms with van der Waals surface area (Å²) >= 11 is 1.27. The largest absolute Gasteiger partial charge is 0.351 e. The van der Waals surface area contributed by atoms with Crippen LogP contribution in [0.25, 0.3) is 0 Å². The van der Waals surface area contributed by atoms with E-state index in [0.29, 0.717) is 11.6 Å². The fourth-order valence-electron chi connectivity index (χ4n) is 1.00. The first-order chi connectivity index (χ1) is 6.11. The molecule has 72 valence electrons. The Kier molecular flexibility index (Phi) is 3.13. The standard InChI is InChI=1S/C6H9N3O3S/c7-6(10)8-2-1-3-13-5(8)4-9(11)12/h4H,1-3H2,(H2,7,10). The van der Waals surface area contributed by atoms with Crippen LogP contribution >= 0.6 is 11.8 Å². The van der Waals surface area contributed by atoms with Gasteiger partial charge in [-0.25, -0.2) is 4.79 Å². The van der Waals surface area contributed by atoms with Crippen LogP contribution in [-0.2, 0) is 0 Å². The molecule has 7 heteroatoms. The lowest BCUT2D eigenvalue weighted by atomic mass is 10.4. The number of rotatable bonds is 1. The Morgan fingerprint density at radius 3 is 3.00 bits per heavy atom. The minimum Gasteiger partial charge on any atom is -0.351 e. The number of nitrogens with two attached hydrogens (primary N) is 1. The molecule has 0 saturated carbocycles. The molecule has 1 fully saturated rings. The van der Waals surface area contributed by atoms with Crippen LogP contribution in [0.1, 0.15) is 6.42 Å². The van der Waals surface area contributed by atoms with E-state index in [9.17, 15) is 14.9 Å². The van der Waals surface area contributed by atoms with E-state index in [1.807, 2.05) is 0 Å². The summed E-state index contributed by atoms with van der Waals surface area (Å²) in [7, 11) is 0. The predicted molar refractivity (Wildman–Crippen MR) is 48.4 cm³/mol. The van der Waals surface area contributed by atoms with Gasteiger partial charge in [0.1, 0.15) is 0 Å². The summed E-state index contributed by atoms with van der Waals surface area (Å²) in [6, 6.07) is -0.639. The van der Waals surface area contributed by atoms with Gasteiger partial charge in [-0.1, -0.05) is 0 Å².